The number of amides is 1. The number of anilines is 1. The highest BCUT2D eigenvalue weighted by Crippen LogP contribution is 2.30. The molecule has 0 spiro atoms. The molecule has 0 saturated heterocycles. The molecule has 1 aromatic carbocycles. The average Bonchev–Trinajstić information content (AvgIpc) is 3.07. The molecular weight excluding hydrogens is 330 g/mol. The van der Waals surface area contributed by atoms with E-state index in [0.717, 1.165) is 16.8 Å². The van der Waals surface area contributed by atoms with E-state index >= 15 is 0 Å². The number of hydrogen-bond donors (Lipinski definition) is 1. The molecular formula is C20H19N3OS. The number of pyridine rings is 1. The summed E-state index contributed by atoms with van der Waals surface area (Å²) in [4.78, 5) is 20.6. The number of hydrogen-bond acceptors (Lipinski definition) is 4. The van der Waals surface area contributed by atoms with Crippen molar-refractivity contribution in [3.63, 3.8) is 0 Å². The summed E-state index contributed by atoms with van der Waals surface area (Å²) in [6.07, 6.45) is 6.61. The lowest BCUT2D eigenvalue weighted by Gasteiger charge is -2.09. The summed E-state index contributed by atoms with van der Waals surface area (Å²) in [6, 6.07) is 7.91. The number of nitrogens with one attached hydrogen (secondary N) is 1. The topological polar surface area (TPSA) is 54.9 Å². The first kappa shape index (κ1) is 17.0. The standard InChI is InChI=1S/C20H19N3OS/c1-13-6-8-17(15(3)14(13)2)18-12-25-20(22-18)23-19(24)9-7-16-5-4-10-21-11-16/h4-12H,1-3H3,(H,22,23,24). The Hall–Kier alpha value is -2.79. The van der Waals surface area contributed by atoms with Crippen LogP contribution in [0.25, 0.3) is 17.3 Å². The predicted molar refractivity (Wildman–Crippen MR) is 104 cm³/mol. The smallest absolute Gasteiger partial charge is 0.250 e. The predicted octanol–water partition coefficient (Wildman–Crippen LogP) is 4.78. The third-order valence-electron chi connectivity index (χ3n) is 4.18. The second kappa shape index (κ2) is 7.40. The lowest BCUT2D eigenvalue weighted by molar-refractivity contribution is -0.111. The maximum atomic E-state index is 12.0. The fraction of sp³-hybridized carbons (Fsp3) is 0.150. The van der Waals surface area contributed by atoms with Crippen LogP contribution in [0.3, 0.4) is 0 Å². The summed E-state index contributed by atoms with van der Waals surface area (Å²) in [6.45, 7) is 6.33. The summed E-state index contributed by atoms with van der Waals surface area (Å²) in [5.41, 5.74) is 6.63. The minimum Gasteiger partial charge on any atom is -0.298 e. The van der Waals surface area contributed by atoms with Crippen molar-refractivity contribution < 1.29 is 4.79 Å². The molecule has 3 aromatic rings. The number of thiazole rings is 1. The van der Waals surface area contributed by atoms with Crippen LogP contribution in [0.4, 0.5) is 5.13 Å². The van der Waals surface area contributed by atoms with Crippen LogP contribution in [0.15, 0.2) is 48.1 Å². The van der Waals surface area contributed by atoms with Gasteiger partial charge in [-0.1, -0.05) is 18.2 Å². The van der Waals surface area contributed by atoms with Crippen molar-refractivity contribution in [1.29, 1.82) is 0 Å². The highest BCUT2D eigenvalue weighted by Gasteiger charge is 2.10. The molecule has 3 rings (SSSR count). The number of rotatable bonds is 4. The van der Waals surface area contributed by atoms with Gasteiger partial charge in [0.25, 0.3) is 0 Å². The highest BCUT2D eigenvalue weighted by atomic mass is 32.1. The molecule has 1 N–H and O–H groups in total. The second-order valence-electron chi connectivity index (χ2n) is 5.83. The first-order valence-electron chi connectivity index (χ1n) is 7.96. The Balaban J connectivity index is 1.73. The van der Waals surface area contributed by atoms with Crippen molar-refractivity contribution >= 4 is 28.5 Å². The van der Waals surface area contributed by atoms with Gasteiger partial charge in [-0.05, 0) is 55.2 Å². The molecule has 0 fully saturated rings. The fourth-order valence-corrected chi connectivity index (χ4v) is 3.20. The molecule has 0 bridgehead atoms. The van der Waals surface area contributed by atoms with Gasteiger partial charge >= 0.3 is 0 Å². The van der Waals surface area contributed by atoms with Crippen LogP contribution in [0.5, 0.6) is 0 Å². The Kier molecular flexibility index (Phi) is 5.05. The Morgan fingerprint density at radius 1 is 1.16 bits per heavy atom. The average molecular weight is 349 g/mol. The monoisotopic (exact) mass is 349 g/mol. The molecule has 0 aliphatic rings. The van der Waals surface area contributed by atoms with Gasteiger partial charge in [0.2, 0.25) is 5.91 Å². The van der Waals surface area contributed by atoms with Crippen LogP contribution >= 0.6 is 11.3 Å². The number of aromatic nitrogens is 2. The largest absolute Gasteiger partial charge is 0.298 e. The van der Waals surface area contributed by atoms with Crippen LogP contribution in [0.2, 0.25) is 0 Å². The molecule has 25 heavy (non-hydrogen) atoms. The number of carbonyl (C=O) groups is 1. The van der Waals surface area contributed by atoms with E-state index in [1.165, 1.54) is 34.1 Å². The van der Waals surface area contributed by atoms with E-state index in [1.807, 2.05) is 17.5 Å². The van der Waals surface area contributed by atoms with Crippen molar-refractivity contribution in [1.82, 2.24) is 9.97 Å². The van der Waals surface area contributed by atoms with E-state index in [-0.39, 0.29) is 5.91 Å². The van der Waals surface area contributed by atoms with E-state index in [9.17, 15) is 4.79 Å². The van der Waals surface area contributed by atoms with Crippen LogP contribution in [-0.2, 0) is 4.79 Å². The van der Waals surface area contributed by atoms with E-state index < -0.39 is 0 Å². The van der Waals surface area contributed by atoms with Gasteiger partial charge in [-0.3, -0.25) is 15.1 Å². The molecule has 0 saturated carbocycles. The minimum atomic E-state index is -0.207. The van der Waals surface area contributed by atoms with Gasteiger partial charge in [0.1, 0.15) is 0 Å². The number of aryl methyl sites for hydroxylation is 1. The van der Waals surface area contributed by atoms with Gasteiger partial charge in [-0.25, -0.2) is 4.98 Å². The van der Waals surface area contributed by atoms with Crippen LogP contribution in [-0.4, -0.2) is 15.9 Å². The summed E-state index contributed by atoms with van der Waals surface area (Å²) in [7, 11) is 0. The van der Waals surface area contributed by atoms with E-state index in [4.69, 9.17) is 0 Å². The molecule has 126 valence electrons. The van der Waals surface area contributed by atoms with E-state index in [2.05, 4.69) is 48.2 Å². The molecule has 2 aromatic heterocycles. The lowest BCUT2D eigenvalue weighted by atomic mass is 9.97. The van der Waals surface area contributed by atoms with Crippen molar-refractivity contribution in [3.05, 3.63) is 70.4 Å². The van der Waals surface area contributed by atoms with Gasteiger partial charge in [0.05, 0.1) is 5.69 Å². The Morgan fingerprint density at radius 3 is 2.76 bits per heavy atom. The van der Waals surface area contributed by atoms with Crippen molar-refractivity contribution in [2.75, 3.05) is 5.32 Å². The van der Waals surface area contributed by atoms with Gasteiger partial charge < -0.3 is 0 Å². The molecule has 1 amide bonds. The van der Waals surface area contributed by atoms with Crippen LogP contribution < -0.4 is 5.32 Å². The van der Waals surface area contributed by atoms with Gasteiger partial charge in [-0.15, -0.1) is 11.3 Å². The Morgan fingerprint density at radius 2 is 2.00 bits per heavy atom. The van der Waals surface area contributed by atoms with Crippen molar-refractivity contribution in [2.24, 2.45) is 0 Å². The zero-order chi connectivity index (χ0) is 17.8. The van der Waals surface area contributed by atoms with Gasteiger partial charge in [0, 0.05) is 29.4 Å². The first-order valence-corrected chi connectivity index (χ1v) is 8.84. The molecule has 2 heterocycles. The minimum absolute atomic E-state index is 0.207. The van der Waals surface area contributed by atoms with Gasteiger partial charge in [0.15, 0.2) is 5.13 Å². The molecule has 0 unspecified atom stereocenters. The molecule has 0 aliphatic heterocycles. The van der Waals surface area contributed by atoms with Crippen molar-refractivity contribution in [3.8, 4) is 11.3 Å². The summed E-state index contributed by atoms with van der Waals surface area (Å²) < 4.78 is 0. The van der Waals surface area contributed by atoms with Crippen molar-refractivity contribution in [2.45, 2.75) is 20.8 Å². The maximum Gasteiger partial charge on any atom is 0.250 e. The zero-order valence-electron chi connectivity index (χ0n) is 14.4. The summed E-state index contributed by atoms with van der Waals surface area (Å²) in [5.74, 6) is -0.207. The Bertz CT molecular complexity index is 929. The fourth-order valence-electron chi connectivity index (χ4n) is 2.48. The number of carbonyl (C=O) groups excluding carboxylic acids is 1. The lowest BCUT2D eigenvalue weighted by Crippen LogP contribution is -2.07. The maximum absolute atomic E-state index is 12.0. The molecule has 0 aliphatic carbocycles. The molecule has 0 radical (unpaired) electrons. The van der Waals surface area contributed by atoms with Crippen LogP contribution in [0.1, 0.15) is 22.3 Å². The SMILES string of the molecule is Cc1ccc(-c2csc(NC(=O)C=Cc3cccnc3)n2)c(C)c1C. The zero-order valence-corrected chi connectivity index (χ0v) is 15.2. The van der Waals surface area contributed by atoms with Crippen LogP contribution in [0, 0.1) is 20.8 Å². The first-order chi connectivity index (χ1) is 12.0. The second-order valence-corrected chi connectivity index (χ2v) is 6.68. The van der Waals surface area contributed by atoms with E-state index in [1.54, 1.807) is 18.5 Å². The van der Waals surface area contributed by atoms with Gasteiger partial charge in [-0.2, -0.15) is 0 Å². The third-order valence-corrected chi connectivity index (χ3v) is 4.94. The highest BCUT2D eigenvalue weighted by molar-refractivity contribution is 7.14. The third kappa shape index (κ3) is 4.00. The Labute approximate surface area is 151 Å². The molecule has 5 heteroatoms. The molecule has 0 atom stereocenters. The summed E-state index contributed by atoms with van der Waals surface area (Å²) in [5, 5.41) is 5.37. The number of nitrogens with zero attached hydrogens (tertiary/aromatic N) is 2. The van der Waals surface area contributed by atoms with E-state index in [0.29, 0.717) is 5.13 Å². The molecule has 4 nitrogen and oxygen atoms in total. The summed E-state index contributed by atoms with van der Waals surface area (Å²) >= 11 is 1.42. The number of benzene rings is 1. The normalized spacial score (nSPS) is 11.0. The quantitative estimate of drug-likeness (QED) is 0.690.